The minimum Gasteiger partial charge on any atom is -0.361 e. The standard InChI is InChI=1S/C8H9F3N2O2/c1-5-3-6(12-15-5)4-13(2)7(14)8(9,10)11/h3H,4H2,1-2H3. The molecule has 0 bridgehead atoms. The molecule has 7 heteroatoms. The summed E-state index contributed by atoms with van der Waals surface area (Å²) in [6.45, 7) is 1.39. The molecule has 0 spiro atoms. The molecule has 0 saturated heterocycles. The van der Waals surface area contributed by atoms with E-state index in [4.69, 9.17) is 0 Å². The molecule has 1 aromatic heterocycles. The summed E-state index contributed by atoms with van der Waals surface area (Å²) in [6, 6.07) is 1.47. The number of carbonyl (C=O) groups is 1. The van der Waals surface area contributed by atoms with E-state index in [0.717, 1.165) is 7.05 Å². The van der Waals surface area contributed by atoms with E-state index < -0.39 is 12.1 Å². The van der Waals surface area contributed by atoms with E-state index in [1.165, 1.54) is 6.07 Å². The van der Waals surface area contributed by atoms with E-state index in [9.17, 15) is 18.0 Å². The monoisotopic (exact) mass is 222 g/mol. The van der Waals surface area contributed by atoms with Crippen molar-refractivity contribution in [3.63, 3.8) is 0 Å². The lowest BCUT2D eigenvalue weighted by atomic mass is 10.3. The molecule has 1 amide bonds. The first-order valence-corrected chi connectivity index (χ1v) is 4.05. The van der Waals surface area contributed by atoms with Crippen molar-refractivity contribution in [2.45, 2.75) is 19.6 Å². The van der Waals surface area contributed by atoms with Gasteiger partial charge in [0.1, 0.15) is 11.5 Å². The molecule has 0 aliphatic rings. The van der Waals surface area contributed by atoms with Crippen molar-refractivity contribution in [1.29, 1.82) is 0 Å². The molecule has 0 radical (unpaired) electrons. The highest BCUT2D eigenvalue weighted by atomic mass is 19.4. The van der Waals surface area contributed by atoms with E-state index in [0.29, 0.717) is 10.7 Å². The maximum absolute atomic E-state index is 12.0. The van der Waals surface area contributed by atoms with Gasteiger partial charge in [0.2, 0.25) is 0 Å². The molecule has 0 N–H and O–H groups in total. The largest absolute Gasteiger partial charge is 0.471 e. The molecule has 1 heterocycles. The Morgan fingerprint density at radius 1 is 1.60 bits per heavy atom. The Bertz CT molecular complexity index is 359. The van der Waals surface area contributed by atoms with E-state index in [1.807, 2.05) is 0 Å². The van der Waals surface area contributed by atoms with Crippen LogP contribution in [0.2, 0.25) is 0 Å². The van der Waals surface area contributed by atoms with E-state index in [2.05, 4.69) is 9.68 Å². The fourth-order valence-corrected chi connectivity index (χ4v) is 1.02. The second kappa shape index (κ2) is 3.92. The van der Waals surface area contributed by atoms with E-state index >= 15 is 0 Å². The first-order chi connectivity index (χ1) is 6.80. The minimum absolute atomic E-state index is 0.227. The third-order valence-electron chi connectivity index (χ3n) is 1.67. The van der Waals surface area contributed by atoms with Crippen LogP contribution < -0.4 is 0 Å². The number of carbonyl (C=O) groups excluding carboxylic acids is 1. The van der Waals surface area contributed by atoms with Crippen molar-refractivity contribution < 1.29 is 22.5 Å². The van der Waals surface area contributed by atoms with Crippen molar-refractivity contribution in [3.05, 3.63) is 17.5 Å². The summed E-state index contributed by atoms with van der Waals surface area (Å²) in [6.07, 6.45) is -4.85. The zero-order valence-electron chi connectivity index (χ0n) is 8.13. The van der Waals surface area contributed by atoms with Gasteiger partial charge in [-0.2, -0.15) is 13.2 Å². The minimum atomic E-state index is -4.85. The number of amides is 1. The summed E-state index contributed by atoms with van der Waals surface area (Å²) in [5.41, 5.74) is 0.285. The van der Waals surface area contributed by atoms with Gasteiger partial charge in [0.25, 0.3) is 0 Å². The topological polar surface area (TPSA) is 46.3 Å². The van der Waals surface area contributed by atoms with Crippen molar-refractivity contribution in [3.8, 4) is 0 Å². The van der Waals surface area contributed by atoms with Crippen LogP contribution in [0.15, 0.2) is 10.6 Å². The molecule has 0 aliphatic carbocycles. The van der Waals surface area contributed by atoms with Crippen LogP contribution in [0.3, 0.4) is 0 Å². The van der Waals surface area contributed by atoms with Gasteiger partial charge in [-0.3, -0.25) is 4.79 Å². The Morgan fingerprint density at radius 3 is 2.60 bits per heavy atom. The summed E-state index contributed by atoms with van der Waals surface area (Å²) < 4.78 is 40.6. The summed E-state index contributed by atoms with van der Waals surface area (Å²) in [7, 11) is 1.06. The Kier molecular flexibility index (Phi) is 3.01. The van der Waals surface area contributed by atoms with Crippen LogP contribution in [-0.4, -0.2) is 29.2 Å². The number of hydrogen-bond acceptors (Lipinski definition) is 3. The fraction of sp³-hybridized carbons (Fsp3) is 0.500. The molecule has 0 fully saturated rings. The average molecular weight is 222 g/mol. The molecule has 0 aromatic carbocycles. The zero-order chi connectivity index (χ0) is 11.6. The Morgan fingerprint density at radius 2 is 2.20 bits per heavy atom. The quantitative estimate of drug-likeness (QED) is 0.761. The van der Waals surface area contributed by atoms with Crippen molar-refractivity contribution in [2.75, 3.05) is 7.05 Å². The lowest BCUT2D eigenvalue weighted by molar-refractivity contribution is -0.184. The van der Waals surface area contributed by atoms with Crippen molar-refractivity contribution in [2.24, 2.45) is 0 Å². The highest BCUT2D eigenvalue weighted by molar-refractivity contribution is 5.81. The third kappa shape index (κ3) is 2.97. The molecular weight excluding hydrogens is 213 g/mol. The van der Waals surface area contributed by atoms with Gasteiger partial charge in [-0.15, -0.1) is 0 Å². The predicted molar refractivity (Wildman–Crippen MR) is 43.8 cm³/mol. The van der Waals surface area contributed by atoms with Crippen molar-refractivity contribution in [1.82, 2.24) is 10.1 Å². The molecule has 0 saturated carbocycles. The molecule has 0 aliphatic heterocycles. The summed E-state index contributed by atoms with van der Waals surface area (Å²) in [5, 5.41) is 3.48. The number of hydrogen-bond donors (Lipinski definition) is 0. The summed E-state index contributed by atoms with van der Waals surface area (Å²) >= 11 is 0. The summed E-state index contributed by atoms with van der Waals surface area (Å²) in [5.74, 6) is -1.42. The molecule has 1 aromatic rings. The van der Waals surface area contributed by atoms with Gasteiger partial charge in [-0.25, -0.2) is 0 Å². The third-order valence-corrected chi connectivity index (χ3v) is 1.67. The van der Waals surface area contributed by atoms with E-state index in [-0.39, 0.29) is 12.2 Å². The smallest absolute Gasteiger partial charge is 0.361 e. The molecule has 4 nitrogen and oxygen atoms in total. The summed E-state index contributed by atoms with van der Waals surface area (Å²) in [4.78, 5) is 11.3. The van der Waals surface area contributed by atoms with Gasteiger partial charge in [-0.1, -0.05) is 5.16 Å². The van der Waals surface area contributed by atoms with Crippen LogP contribution in [-0.2, 0) is 11.3 Å². The van der Waals surface area contributed by atoms with Crippen LogP contribution in [0.5, 0.6) is 0 Å². The maximum Gasteiger partial charge on any atom is 0.471 e. The normalized spacial score (nSPS) is 11.5. The van der Waals surface area contributed by atoms with Crippen LogP contribution in [0.1, 0.15) is 11.5 Å². The van der Waals surface area contributed by atoms with Crippen molar-refractivity contribution >= 4 is 5.91 Å². The number of aromatic nitrogens is 1. The second-order valence-electron chi connectivity index (χ2n) is 3.09. The number of rotatable bonds is 2. The molecule has 84 valence electrons. The highest BCUT2D eigenvalue weighted by Gasteiger charge is 2.41. The molecule has 15 heavy (non-hydrogen) atoms. The van der Waals surface area contributed by atoms with Gasteiger partial charge in [0, 0.05) is 13.1 Å². The van der Waals surface area contributed by atoms with E-state index in [1.54, 1.807) is 6.92 Å². The average Bonchev–Trinajstić information content (AvgIpc) is 2.48. The van der Waals surface area contributed by atoms with Gasteiger partial charge in [0.05, 0.1) is 6.54 Å². The second-order valence-corrected chi connectivity index (χ2v) is 3.09. The number of aryl methyl sites for hydroxylation is 1. The number of nitrogens with zero attached hydrogens (tertiary/aromatic N) is 2. The van der Waals surface area contributed by atoms with Crippen LogP contribution in [0.25, 0.3) is 0 Å². The van der Waals surface area contributed by atoms with Gasteiger partial charge < -0.3 is 9.42 Å². The molecule has 0 unspecified atom stereocenters. The molecule has 0 atom stereocenters. The fourth-order valence-electron chi connectivity index (χ4n) is 1.02. The van der Waals surface area contributed by atoms with Gasteiger partial charge >= 0.3 is 12.1 Å². The molecular formula is C8H9F3N2O2. The molecule has 1 rings (SSSR count). The highest BCUT2D eigenvalue weighted by Crippen LogP contribution is 2.18. The Labute approximate surface area is 83.6 Å². The zero-order valence-corrected chi connectivity index (χ0v) is 8.13. The van der Waals surface area contributed by atoms with Gasteiger partial charge in [-0.05, 0) is 6.92 Å². The Hall–Kier alpha value is -1.53. The SMILES string of the molecule is Cc1cc(CN(C)C(=O)C(F)(F)F)no1. The van der Waals surface area contributed by atoms with Gasteiger partial charge in [0.15, 0.2) is 0 Å². The Balaban J connectivity index is 2.64. The van der Waals surface area contributed by atoms with Crippen LogP contribution >= 0.6 is 0 Å². The van der Waals surface area contributed by atoms with Crippen LogP contribution in [0.4, 0.5) is 13.2 Å². The number of halogens is 3. The lowest BCUT2D eigenvalue weighted by Gasteiger charge is -2.16. The maximum atomic E-state index is 12.0. The van der Waals surface area contributed by atoms with Crippen LogP contribution in [0, 0.1) is 6.92 Å². The number of alkyl halides is 3. The first kappa shape index (κ1) is 11.5. The first-order valence-electron chi connectivity index (χ1n) is 4.05. The predicted octanol–water partition coefficient (Wildman–Crippen LogP) is 1.50. The lowest BCUT2D eigenvalue weighted by Crippen LogP contribution is -2.38.